The summed E-state index contributed by atoms with van der Waals surface area (Å²) in [6.07, 6.45) is 8.47. The first-order valence-corrected chi connectivity index (χ1v) is 12.8. The topological polar surface area (TPSA) is 29.5 Å². The van der Waals surface area contributed by atoms with Gasteiger partial charge < -0.3 is 9.33 Å². The zero-order valence-electron chi connectivity index (χ0n) is 18.2. The molecule has 0 radical (unpaired) electrons. The number of carbonyl (C=O) groups is 1. The zero-order valence-corrected chi connectivity index (χ0v) is 19.2. The highest BCUT2D eigenvalue weighted by Crippen LogP contribution is 2.40. The van der Waals surface area contributed by atoms with Crippen LogP contribution in [0.3, 0.4) is 0 Å². The van der Waals surface area contributed by atoms with Crippen LogP contribution in [0.25, 0.3) is 0 Å². The predicted molar refractivity (Wildman–Crippen MR) is 124 cm³/mol. The third-order valence-electron chi connectivity index (χ3n) is 6.43. The summed E-state index contributed by atoms with van der Waals surface area (Å²) < 4.78 is 7.20. The maximum atomic E-state index is 12.8. The van der Waals surface area contributed by atoms with E-state index in [1.807, 2.05) is 4.90 Å². The molecule has 4 rings (SSSR count). The molecular formula is C26H31NO2Si. The van der Waals surface area contributed by atoms with Gasteiger partial charge in [0.25, 0.3) is 8.32 Å². The van der Waals surface area contributed by atoms with Gasteiger partial charge in [-0.1, -0.05) is 87.4 Å². The van der Waals surface area contributed by atoms with Gasteiger partial charge in [-0.2, -0.15) is 0 Å². The van der Waals surface area contributed by atoms with Crippen LogP contribution in [0, 0.1) is 18.3 Å². The highest BCUT2D eigenvalue weighted by molar-refractivity contribution is 6.99. The zero-order chi connectivity index (χ0) is 21.4. The van der Waals surface area contributed by atoms with Gasteiger partial charge in [0, 0.05) is 18.9 Å². The fourth-order valence-corrected chi connectivity index (χ4v) is 9.48. The number of hydrogen-bond donors (Lipinski definition) is 0. The van der Waals surface area contributed by atoms with Crippen LogP contribution < -0.4 is 10.4 Å². The normalized spacial score (nSPS) is 22.0. The van der Waals surface area contributed by atoms with E-state index >= 15 is 0 Å². The van der Waals surface area contributed by atoms with Crippen LogP contribution in [-0.2, 0) is 9.22 Å². The fourth-order valence-electron chi connectivity index (χ4n) is 4.79. The lowest BCUT2D eigenvalue weighted by molar-refractivity contribution is -0.132. The Kier molecular flexibility index (Phi) is 5.61. The third-order valence-corrected chi connectivity index (χ3v) is 11.5. The summed E-state index contributed by atoms with van der Waals surface area (Å²) >= 11 is 0. The first-order chi connectivity index (χ1) is 14.4. The molecule has 0 unspecified atom stereocenters. The molecule has 156 valence electrons. The molecule has 0 N–H and O–H groups in total. The molecule has 2 fully saturated rings. The van der Waals surface area contributed by atoms with Gasteiger partial charge in [0.05, 0.1) is 12.1 Å². The van der Waals surface area contributed by atoms with E-state index in [1.54, 1.807) is 0 Å². The van der Waals surface area contributed by atoms with E-state index in [0.29, 0.717) is 13.0 Å². The van der Waals surface area contributed by atoms with Crippen LogP contribution in [0.2, 0.25) is 5.04 Å². The standard InChI is InChI=1S/C26H31NO2Si/c1-5-21-18-22(19-27(21)25(28)20-16-17-20)29-30(26(2,3)4,23-12-8-6-9-13-23)24-14-10-7-11-15-24/h1,6-15,20-22H,16-19H2,2-4H3/t21-,22-/m0/s1. The molecule has 30 heavy (non-hydrogen) atoms. The molecule has 2 aliphatic rings. The van der Waals surface area contributed by atoms with E-state index in [4.69, 9.17) is 10.8 Å². The Labute approximate surface area is 181 Å². The molecule has 1 amide bonds. The van der Waals surface area contributed by atoms with E-state index in [0.717, 1.165) is 12.8 Å². The van der Waals surface area contributed by atoms with Crippen LogP contribution in [0.1, 0.15) is 40.0 Å². The molecule has 1 aliphatic heterocycles. The number of hydrogen-bond acceptors (Lipinski definition) is 2. The van der Waals surface area contributed by atoms with Crippen molar-refractivity contribution in [2.45, 2.75) is 57.2 Å². The average molecular weight is 418 g/mol. The Morgan fingerprint density at radius 1 is 1.03 bits per heavy atom. The van der Waals surface area contributed by atoms with E-state index in [2.05, 4.69) is 87.4 Å². The Bertz CT molecular complexity index is 886. The van der Waals surface area contributed by atoms with Gasteiger partial charge in [0.2, 0.25) is 5.91 Å². The van der Waals surface area contributed by atoms with Crippen LogP contribution in [0.5, 0.6) is 0 Å². The minimum absolute atomic E-state index is 0.0555. The van der Waals surface area contributed by atoms with Crippen LogP contribution in [0.4, 0.5) is 0 Å². The number of benzene rings is 2. The molecule has 2 aromatic rings. The maximum Gasteiger partial charge on any atom is 0.261 e. The lowest BCUT2D eigenvalue weighted by Gasteiger charge is -2.44. The van der Waals surface area contributed by atoms with Crippen molar-refractivity contribution in [1.82, 2.24) is 4.90 Å². The smallest absolute Gasteiger partial charge is 0.261 e. The van der Waals surface area contributed by atoms with Gasteiger partial charge in [-0.15, -0.1) is 6.42 Å². The summed E-state index contributed by atoms with van der Waals surface area (Å²) in [6.45, 7) is 7.43. The van der Waals surface area contributed by atoms with Gasteiger partial charge in [-0.05, 0) is 28.3 Å². The summed E-state index contributed by atoms with van der Waals surface area (Å²) in [4.78, 5) is 14.7. The maximum absolute atomic E-state index is 12.8. The largest absolute Gasteiger partial charge is 0.403 e. The number of amides is 1. The second kappa shape index (κ2) is 8.06. The Morgan fingerprint density at radius 3 is 2.00 bits per heavy atom. The fraction of sp³-hybridized carbons (Fsp3) is 0.423. The number of terminal acetylenes is 1. The summed E-state index contributed by atoms with van der Waals surface area (Å²) in [7, 11) is -2.64. The predicted octanol–water partition coefficient (Wildman–Crippen LogP) is 3.58. The van der Waals surface area contributed by atoms with Crippen molar-refractivity contribution < 1.29 is 9.22 Å². The quantitative estimate of drug-likeness (QED) is 0.550. The first kappa shape index (κ1) is 20.9. The molecule has 3 nitrogen and oxygen atoms in total. The number of carbonyl (C=O) groups excluding carboxylic acids is 1. The van der Waals surface area contributed by atoms with Crippen molar-refractivity contribution in [3.63, 3.8) is 0 Å². The van der Waals surface area contributed by atoms with E-state index in [9.17, 15) is 4.79 Å². The number of likely N-dealkylation sites (tertiary alicyclic amines) is 1. The second-order valence-electron chi connectivity index (χ2n) is 9.59. The lowest BCUT2D eigenvalue weighted by atomic mass is 10.2. The minimum Gasteiger partial charge on any atom is -0.403 e. The molecule has 0 bridgehead atoms. The van der Waals surface area contributed by atoms with Crippen LogP contribution >= 0.6 is 0 Å². The third kappa shape index (κ3) is 3.73. The van der Waals surface area contributed by atoms with Crippen molar-refractivity contribution in [3.8, 4) is 12.3 Å². The molecule has 0 aromatic heterocycles. The number of rotatable bonds is 5. The van der Waals surface area contributed by atoms with Crippen LogP contribution in [0.15, 0.2) is 60.7 Å². The molecule has 1 heterocycles. The number of nitrogens with zero attached hydrogens (tertiary/aromatic N) is 1. The molecule has 2 atom stereocenters. The molecule has 1 aliphatic carbocycles. The molecule has 4 heteroatoms. The summed E-state index contributed by atoms with van der Waals surface area (Å²) in [5, 5.41) is 2.43. The van der Waals surface area contributed by atoms with Crippen molar-refractivity contribution in [2.75, 3.05) is 6.54 Å². The van der Waals surface area contributed by atoms with Gasteiger partial charge >= 0.3 is 0 Å². The van der Waals surface area contributed by atoms with Crippen molar-refractivity contribution in [1.29, 1.82) is 0 Å². The molecule has 1 saturated carbocycles. The Hall–Kier alpha value is -2.35. The molecule has 1 saturated heterocycles. The molecule has 0 spiro atoms. The molecular weight excluding hydrogens is 386 g/mol. The highest BCUT2D eigenvalue weighted by atomic mass is 28.4. The van der Waals surface area contributed by atoms with E-state index < -0.39 is 8.32 Å². The Balaban J connectivity index is 1.74. The van der Waals surface area contributed by atoms with Gasteiger partial charge in [0.15, 0.2) is 0 Å². The first-order valence-electron chi connectivity index (χ1n) is 10.9. The Morgan fingerprint density at radius 2 is 1.57 bits per heavy atom. The summed E-state index contributed by atoms with van der Waals surface area (Å²) in [5.41, 5.74) is 0. The summed E-state index contributed by atoms with van der Waals surface area (Å²) in [6, 6.07) is 21.1. The van der Waals surface area contributed by atoms with Crippen LogP contribution in [-0.4, -0.2) is 37.8 Å². The highest BCUT2D eigenvalue weighted by Gasteiger charge is 2.53. The van der Waals surface area contributed by atoms with Gasteiger partial charge in [-0.3, -0.25) is 4.79 Å². The average Bonchev–Trinajstić information content (AvgIpc) is 3.52. The SMILES string of the molecule is C#C[C@H]1C[C@H](O[Si](c2ccccc2)(c2ccccc2)C(C)(C)C)CN1C(=O)C1CC1. The minimum atomic E-state index is -2.64. The summed E-state index contributed by atoms with van der Waals surface area (Å²) in [5.74, 6) is 3.24. The van der Waals surface area contributed by atoms with Crippen molar-refractivity contribution >= 4 is 24.6 Å². The lowest BCUT2D eigenvalue weighted by Crippen LogP contribution is -2.67. The van der Waals surface area contributed by atoms with Gasteiger partial charge in [0.1, 0.15) is 0 Å². The van der Waals surface area contributed by atoms with E-state index in [-0.39, 0.29) is 29.0 Å². The second-order valence-corrected chi connectivity index (χ2v) is 13.8. The van der Waals surface area contributed by atoms with E-state index in [1.165, 1.54) is 10.4 Å². The monoisotopic (exact) mass is 417 g/mol. The van der Waals surface area contributed by atoms with Crippen molar-refractivity contribution in [3.05, 3.63) is 60.7 Å². The molecule has 2 aromatic carbocycles. The van der Waals surface area contributed by atoms with Crippen molar-refractivity contribution in [2.24, 2.45) is 5.92 Å². The van der Waals surface area contributed by atoms with Gasteiger partial charge in [-0.25, -0.2) is 0 Å².